The third kappa shape index (κ3) is 2.72. The van der Waals surface area contributed by atoms with E-state index in [2.05, 4.69) is 10.2 Å². The second-order valence-electron chi connectivity index (χ2n) is 2.93. The summed E-state index contributed by atoms with van der Waals surface area (Å²) in [6.45, 7) is 0. The molecule has 0 saturated heterocycles. The summed E-state index contributed by atoms with van der Waals surface area (Å²) in [4.78, 5) is 0. The lowest BCUT2D eigenvalue weighted by Crippen LogP contribution is -2.27. The number of hydrazone groups is 2. The first-order valence-corrected chi connectivity index (χ1v) is 4.50. The second kappa shape index (κ2) is 5.36. The van der Waals surface area contributed by atoms with Crippen LogP contribution in [-0.2, 0) is 0 Å². The third-order valence-electron chi connectivity index (χ3n) is 1.87. The third-order valence-corrected chi connectivity index (χ3v) is 1.87. The van der Waals surface area contributed by atoms with Gasteiger partial charge in [0.1, 0.15) is 6.07 Å². The number of nitrogens with two attached hydrogens (primary N) is 2. The maximum Gasteiger partial charge on any atom is 0.204 e. The van der Waals surface area contributed by atoms with Gasteiger partial charge in [-0.2, -0.15) is 15.5 Å². The number of para-hydroxylation sites is 1. The van der Waals surface area contributed by atoms with Crippen LogP contribution in [0.5, 0.6) is 0 Å². The molecular weight excluding hydrogens is 204 g/mol. The smallest absolute Gasteiger partial charge is 0.204 e. The molecule has 4 N–H and O–H groups in total. The first kappa shape index (κ1) is 11.5. The fourth-order valence-electron chi connectivity index (χ4n) is 1.04. The van der Waals surface area contributed by atoms with Crippen LogP contribution in [0.25, 0.3) is 0 Å². The standard InChI is InChI=1S/C10H12N6/c1-16(8-5-3-2-4-6-8)15-9(7-11)10(12)14-13/h2-6H,13H2,1H3,(H2,12,14). The van der Waals surface area contributed by atoms with Crippen molar-refractivity contribution in [3.8, 4) is 6.07 Å². The Labute approximate surface area is 93.5 Å². The van der Waals surface area contributed by atoms with Gasteiger partial charge in [0, 0.05) is 7.05 Å². The Morgan fingerprint density at radius 3 is 2.50 bits per heavy atom. The Morgan fingerprint density at radius 2 is 2.00 bits per heavy atom. The second-order valence-corrected chi connectivity index (χ2v) is 2.93. The van der Waals surface area contributed by atoms with E-state index in [9.17, 15) is 0 Å². The molecule has 0 spiro atoms. The number of benzene rings is 1. The monoisotopic (exact) mass is 216 g/mol. The molecular formula is C10H12N6. The summed E-state index contributed by atoms with van der Waals surface area (Å²) in [7, 11) is 1.70. The Morgan fingerprint density at radius 1 is 1.38 bits per heavy atom. The van der Waals surface area contributed by atoms with Gasteiger partial charge in [-0.3, -0.25) is 5.01 Å². The molecule has 1 aromatic rings. The number of nitriles is 1. The quantitative estimate of drug-likeness (QED) is 0.326. The summed E-state index contributed by atoms with van der Waals surface area (Å²) in [6, 6.07) is 11.2. The van der Waals surface area contributed by atoms with Crippen molar-refractivity contribution in [2.75, 3.05) is 12.1 Å². The highest BCUT2D eigenvalue weighted by Gasteiger charge is 2.06. The lowest BCUT2D eigenvalue weighted by Gasteiger charge is -2.12. The van der Waals surface area contributed by atoms with Crippen LogP contribution in [0.3, 0.4) is 0 Å². The summed E-state index contributed by atoms with van der Waals surface area (Å²) >= 11 is 0. The molecule has 82 valence electrons. The van der Waals surface area contributed by atoms with E-state index in [1.54, 1.807) is 7.05 Å². The largest absolute Gasteiger partial charge is 0.380 e. The number of hydrogen-bond acceptors (Lipinski definition) is 5. The topological polar surface area (TPSA) is 104 Å². The van der Waals surface area contributed by atoms with E-state index in [1.807, 2.05) is 36.4 Å². The lowest BCUT2D eigenvalue weighted by atomic mass is 10.3. The van der Waals surface area contributed by atoms with Crippen molar-refractivity contribution >= 4 is 17.2 Å². The summed E-state index contributed by atoms with van der Waals surface area (Å²) in [5.41, 5.74) is 6.21. The number of amidine groups is 1. The summed E-state index contributed by atoms with van der Waals surface area (Å²) in [5.74, 6) is 4.88. The molecule has 0 saturated carbocycles. The van der Waals surface area contributed by atoms with Crippen LogP contribution >= 0.6 is 0 Å². The van der Waals surface area contributed by atoms with Gasteiger partial charge in [0.05, 0.1) is 5.69 Å². The average Bonchev–Trinajstić information content (AvgIpc) is 2.35. The Hall–Kier alpha value is -2.55. The molecule has 0 aliphatic heterocycles. The minimum Gasteiger partial charge on any atom is -0.380 e. The predicted molar refractivity (Wildman–Crippen MR) is 63.7 cm³/mol. The van der Waals surface area contributed by atoms with Gasteiger partial charge in [0.25, 0.3) is 0 Å². The average molecular weight is 216 g/mol. The maximum absolute atomic E-state index is 8.80. The van der Waals surface area contributed by atoms with Crippen molar-refractivity contribution in [3.63, 3.8) is 0 Å². The van der Waals surface area contributed by atoms with E-state index >= 15 is 0 Å². The highest BCUT2D eigenvalue weighted by Crippen LogP contribution is 2.10. The molecule has 6 heteroatoms. The zero-order valence-electron chi connectivity index (χ0n) is 8.83. The van der Waals surface area contributed by atoms with Crippen molar-refractivity contribution in [3.05, 3.63) is 30.3 Å². The van der Waals surface area contributed by atoms with E-state index < -0.39 is 0 Å². The van der Waals surface area contributed by atoms with Crippen LogP contribution in [0.1, 0.15) is 0 Å². The van der Waals surface area contributed by atoms with Crippen LogP contribution in [0.4, 0.5) is 5.69 Å². The van der Waals surface area contributed by atoms with Gasteiger partial charge < -0.3 is 11.6 Å². The molecule has 0 fully saturated rings. The van der Waals surface area contributed by atoms with E-state index in [4.69, 9.17) is 16.8 Å². The Kier molecular flexibility index (Phi) is 3.86. The van der Waals surface area contributed by atoms with Crippen molar-refractivity contribution in [2.24, 2.45) is 21.8 Å². The van der Waals surface area contributed by atoms with Crippen molar-refractivity contribution in [1.82, 2.24) is 0 Å². The van der Waals surface area contributed by atoms with Gasteiger partial charge in [-0.1, -0.05) is 18.2 Å². The molecule has 0 amide bonds. The van der Waals surface area contributed by atoms with E-state index in [1.165, 1.54) is 5.01 Å². The van der Waals surface area contributed by atoms with Crippen LogP contribution in [0.2, 0.25) is 0 Å². The molecule has 1 aromatic carbocycles. The molecule has 0 aliphatic rings. The van der Waals surface area contributed by atoms with E-state index in [0.29, 0.717) is 0 Å². The van der Waals surface area contributed by atoms with Crippen molar-refractivity contribution < 1.29 is 0 Å². The first-order valence-electron chi connectivity index (χ1n) is 4.50. The number of nitrogens with zero attached hydrogens (tertiary/aromatic N) is 4. The zero-order valence-corrected chi connectivity index (χ0v) is 8.83. The molecule has 0 heterocycles. The van der Waals surface area contributed by atoms with Crippen LogP contribution in [-0.4, -0.2) is 18.6 Å². The fourth-order valence-corrected chi connectivity index (χ4v) is 1.04. The maximum atomic E-state index is 8.80. The Balaban J connectivity index is 2.96. The normalized spacial score (nSPS) is 12.0. The molecule has 6 nitrogen and oxygen atoms in total. The molecule has 1 rings (SSSR count). The van der Waals surface area contributed by atoms with Gasteiger partial charge in [-0.25, -0.2) is 0 Å². The van der Waals surface area contributed by atoms with Crippen molar-refractivity contribution in [2.45, 2.75) is 0 Å². The predicted octanol–water partition coefficient (Wildman–Crippen LogP) is 0.233. The molecule has 0 bridgehead atoms. The molecule has 0 aliphatic carbocycles. The SMILES string of the molecule is CN(N=C(C#N)C(N)=NN)c1ccccc1. The van der Waals surface area contributed by atoms with Crippen LogP contribution in [0.15, 0.2) is 40.5 Å². The Bertz CT molecular complexity index is 442. The van der Waals surface area contributed by atoms with Gasteiger partial charge in [-0.05, 0) is 12.1 Å². The summed E-state index contributed by atoms with van der Waals surface area (Å²) < 4.78 is 0. The molecule has 0 radical (unpaired) electrons. The lowest BCUT2D eigenvalue weighted by molar-refractivity contribution is 1.02. The minimum atomic E-state index is -0.0923. The highest BCUT2D eigenvalue weighted by atomic mass is 15.4. The molecule has 0 unspecified atom stereocenters. The molecule has 0 atom stereocenters. The number of hydrogen-bond donors (Lipinski definition) is 2. The van der Waals surface area contributed by atoms with Crippen molar-refractivity contribution in [1.29, 1.82) is 5.26 Å². The van der Waals surface area contributed by atoms with Gasteiger partial charge >= 0.3 is 0 Å². The minimum absolute atomic E-state index is 0.0196. The molecule has 0 aromatic heterocycles. The summed E-state index contributed by atoms with van der Waals surface area (Å²) in [5, 5.41) is 17.5. The van der Waals surface area contributed by atoms with E-state index in [-0.39, 0.29) is 11.5 Å². The first-order chi connectivity index (χ1) is 7.69. The van der Waals surface area contributed by atoms with E-state index in [0.717, 1.165) is 5.69 Å². The van der Waals surface area contributed by atoms with Crippen LogP contribution < -0.4 is 16.6 Å². The fraction of sp³-hybridized carbons (Fsp3) is 0.100. The van der Waals surface area contributed by atoms with Gasteiger partial charge in [0.15, 0.2) is 5.84 Å². The highest BCUT2D eigenvalue weighted by molar-refractivity contribution is 6.46. The number of anilines is 1. The summed E-state index contributed by atoms with van der Waals surface area (Å²) in [6.07, 6.45) is 0. The van der Waals surface area contributed by atoms with Crippen LogP contribution in [0, 0.1) is 11.3 Å². The van der Waals surface area contributed by atoms with Gasteiger partial charge in [-0.15, -0.1) is 0 Å². The zero-order chi connectivity index (χ0) is 12.0. The number of rotatable bonds is 3. The molecule has 16 heavy (non-hydrogen) atoms. The van der Waals surface area contributed by atoms with Gasteiger partial charge in [0.2, 0.25) is 5.71 Å².